The van der Waals surface area contributed by atoms with Crippen LogP contribution in [0.5, 0.6) is 0 Å². The zero-order chi connectivity index (χ0) is 13.0. The number of hydrogen-bond acceptors (Lipinski definition) is 2. The molecular weight excluding hydrogens is 228 g/mol. The number of benzene rings is 1. The summed E-state index contributed by atoms with van der Waals surface area (Å²) in [5.41, 5.74) is 2.49. The van der Waals surface area contributed by atoms with Crippen molar-refractivity contribution < 1.29 is 14.8 Å². The molecule has 18 heavy (non-hydrogen) atoms. The van der Waals surface area contributed by atoms with E-state index >= 15 is 0 Å². The Balaban J connectivity index is 2.05. The predicted octanol–water partition coefficient (Wildman–Crippen LogP) is -0.739. The summed E-state index contributed by atoms with van der Waals surface area (Å²) >= 11 is 0. The van der Waals surface area contributed by atoms with Gasteiger partial charge < -0.3 is 15.3 Å². The molecule has 0 bridgehead atoms. The Kier molecular flexibility index (Phi) is 4.33. The average Bonchev–Trinajstić information content (AvgIpc) is 2.36. The minimum atomic E-state index is -0.120. The second kappa shape index (κ2) is 5.98. The maximum Gasteiger partial charge on any atom is 0.278 e. The smallest absolute Gasteiger partial charge is 0.278 e. The minimum absolute atomic E-state index is 0.0650. The van der Waals surface area contributed by atoms with Crippen molar-refractivity contribution in [2.75, 3.05) is 19.7 Å². The molecule has 4 heteroatoms. The first-order valence-electron chi connectivity index (χ1n) is 6.49. The number of carbonyl (C=O) groups is 1. The number of amides is 1. The number of piperazine rings is 1. The second-order valence-corrected chi connectivity index (χ2v) is 4.93. The van der Waals surface area contributed by atoms with Crippen molar-refractivity contribution in [2.24, 2.45) is 0 Å². The van der Waals surface area contributed by atoms with Crippen LogP contribution in [0.1, 0.15) is 17.5 Å². The van der Waals surface area contributed by atoms with Crippen molar-refractivity contribution in [3.63, 3.8) is 0 Å². The molecule has 0 spiro atoms. The topological polar surface area (TPSA) is 53.8 Å². The standard InChI is InChI=1S/C14H20N2O2/c1-11-2-4-12(5-3-11)10-16-8-7-15-14(18)13(16)6-9-17/h2-5,13,17H,6-10H2,1H3,(H,15,18)/p+1/t13-/m1/s1. The highest BCUT2D eigenvalue weighted by atomic mass is 16.3. The molecule has 1 unspecified atom stereocenters. The molecule has 2 rings (SSSR count). The van der Waals surface area contributed by atoms with Gasteiger partial charge in [-0.1, -0.05) is 29.8 Å². The minimum Gasteiger partial charge on any atom is -0.396 e. The monoisotopic (exact) mass is 249 g/mol. The molecular formula is C14H21N2O2+. The van der Waals surface area contributed by atoms with Crippen molar-refractivity contribution in [1.29, 1.82) is 0 Å². The molecule has 1 amide bonds. The summed E-state index contributed by atoms with van der Waals surface area (Å²) in [4.78, 5) is 13.0. The molecule has 1 heterocycles. The third kappa shape index (κ3) is 3.09. The fourth-order valence-corrected chi connectivity index (χ4v) is 2.47. The Labute approximate surface area is 108 Å². The van der Waals surface area contributed by atoms with Crippen molar-refractivity contribution in [3.05, 3.63) is 35.4 Å². The molecule has 0 radical (unpaired) electrons. The molecule has 0 aromatic heterocycles. The zero-order valence-electron chi connectivity index (χ0n) is 10.8. The summed E-state index contributed by atoms with van der Waals surface area (Å²) in [5, 5.41) is 11.9. The number of quaternary nitrogens is 1. The number of hydrogen-bond donors (Lipinski definition) is 3. The van der Waals surface area contributed by atoms with Crippen LogP contribution < -0.4 is 10.2 Å². The van der Waals surface area contributed by atoms with Gasteiger partial charge in [0.25, 0.3) is 5.91 Å². The Bertz CT molecular complexity index is 403. The van der Waals surface area contributed by atoms with E-state index in [9.17, 15) is 4.79 Å². The van der Waals surface area contributed by atoms with E-state index < -0.39 is 0 Å². The predicted molar refractivity (Wildman–Crippen MR) is 69.2 cm³/mol. The molecule has 1 aromatic rings. The molecule has 4 nitrogen and oxygen atoms in total. The van der Waals surface area contributed by atoms with Crippen LogP contribution in [0, 0.1) is 6.92 Å². The van der Waals surface area contributed by atoms with Crippen LogP contribution in [-0.4, -0.2) is 36.8 Å². The van der Waals surface area contributed by atoms with E-state index in [1.54, 1.807) is 0 Å². The van der Waals surface area contributed by atoms with Crippen molar-refractivity contribution in [1.82, 2.24) is 5.32 Å². The summed E-state index contributed by atoms with van der Waals surface area (Å²) in [6, 6.07) is 8.31. The quantitative estimate of drug-likeness (QED) is 0.658. The summed E-state index contributed by atoms with van der Waals surface area (Å²) in [5.74, 6) is 0.0670. The van der Waals surface area contributed by atoms with Crippen LogP contribution in [0.4, 0.5) is 0 Å². The van der Waals surface area contributed by atoms with Gasteiger partial charge in [0.1, 0.15) is 6.54 Å². The molecule has 1 aromatic carbocycles. The molecule has 0 saturated carbocycles. The van der Waals surface area contributed by atoms with Crippen LogP contribution in [0.3, 0.4) is 0 Å². The van der Waals surface area contributed by atoms with Gasteiger partial charge in [-0.3, -0.25) is 4.79 Å². The van der Waals surface area contributed by atoms with Gasteiger partial charge in [0.15, 0.2) is 6.04 Å². The van der Waals surface area contributed by atoms with Crippen molar-refractivity contribution >= 4 is 5.91 Å². The highest BCUT2D eigenvalue weighted by molar-refractivity contribution is 5.80. The van der Waals surface area contributed by atoms with Gasteiger partial charge in [-0.2, -0.15) is 0 Å². The zero-order valence-corrected chi connectivity index (χ0v) is 10.8. The van der Waals surface area contributed by atoms with E-state index in [0.29, 0.717) is 6.42 Å². The normalized spacial score (nSPS) is 23.8. The Morgan fingerprint density at radius 1 is 1.39 bits per heavy atom. The lowest BCUT2D eigenvalue weighted by Gasteiger charge is -2.31. The van der Waals surface area contributed by atoms with Gasteiger partial charge >= 0.3 is 0 Å². The van der Waals surface area contributed by atoms with E-state index in [1.165, 1.54) is 16.0 Å². The third-order valence-electron chi connectivity index (χ3n) is 3.52. The number of aryl methyl sites for hydroxylation is 1. The second-order valence-electron chi connectivity index (χ2n) is 4.93. The van der Waals surface area contributed by atoms with E-state index in [1.807, 2.05) is 0 Å². The fourth-order valence-electron chi connectivity index (χ4n) is 2.47. The Morgan fingerprint density at radius 3 is 2.78 bits per heavy atom. The van der Waals surface area contributed by atoms with Crippen LogP contribution >= 0.6 is 0 Å². The van der Waals surface area contributed by atoms with Gasteiger partial charge in [0.2, 0.25) is 0 Å². The first kappa shape index (κ1) is 13.1. The van der Waals surface area contributed by atoms with Gasteiger partial charge in [-0.15, -0.1) is 0 Å². The van der Waals surface area contributed by atoms with Gasteiger partial charge in [-0.05, 0) is 6.92 Å². The first-order valence-corrected chi connectivity index (χ1v) is 6.49. The highest BCUT2D eigenvalue weighted by Crippen LogP contribution is 2.02. The number of rotatable bonds is 4. The number of carbonyl (C=O) groups excluding carboxylic acids is 1. The largest absolute Gasteiger partial charge is 0.396 e. The summed E-state index contributed by atoms with van der Waals surface area (Å²) in [7, 11) is 0. The fraction of sp³-hybridized carbons (Fsp3) is 0.500. The van der Waals surface area contributed by atoms with E-state index in [0.717, 1.165) is 19.6 Å². The van der Waals surface area contributed by atoms with E-state index in [2.05, 4.69) is 36.5 Å². The van der Waals surface area contributed by atoms with Crippen LogP contribution in [0.15, 0.2) is 24.3 Å². The molecule has 98 valence electrons. The summed E-state index contributed by atoms with van der Waals surface area (Å²) in [6.45, 7) is 4.62. The molecule has 2 atom stereocenters. The molecule has 0 aliphatic carbocycles. The molecule has 1 aliphatic rings. The first-order chi connectivity index (χ1) is 8.70. The Morgan fingerprint density at radius 2 is 2.11 bits per heavy atom. The molecule has 1 aliphatic heterocycles. The van der Waals surface area contributed by atoms with E-state index in [-0.39, 0.29) is 18.6 Å². The maximum atomic E-state index is 11.8. The van der Waals surface area contributed by atoms with Crippen LogP contribution in [0.2, 0.25) is 0 Å². The number of aliphatic hydroxyl groups excluding tert-OH is 1. The maximum absolute atomic E-state index is 11.8. The number of nitrogens with one attached hydrogen (secondary N) is 2. The SMILES string of the molecule is Cc1ccc(C[NH+]2CCNC(=O)[C@H]2CCO)cc1. The van der Waals surface area contributed by atoms with E-state index in [4.69, 9.17) is 5.11 Å². The molecule has 1 fully saturated rings. The average molecular weight is 249 g/mol. The lowest BCUT2D eigenvalue weighted by Crippen LogP contribution is -3.18. The van der Waals surface area contributed by atoms with Gasteiger partial charge in [0, 0.05) is 18.6 Å². The van der Waals surface area contributed by atoms with Gasteiger partial charge in [-0.25, -0.2) is 0 Å². The molecule has 3 N–H and O–H groups in total. The Hall–Kier alpha value is -1.39. The van der Waals surface area contributed by atoms with Gasteiger partial charge in [0.05, 0.1) is 13.1 Å². The number of aliphatic hydroxyl groups is 1. The van der Waals surface area contributed by atoms with Crippen molar-refractivity contribution in [3.8, 4) is 0 Å². The summed E-state index contributed by atoms with van der Waals surface area (Å²) < 4.78 is 0. The van der Waals surface area contributed by atoms with Crippen LogP contribution in [-0.2, 0) is 11.3 Å². The summed E-state index contributed by atoms with van der Waals surface area (Å²) in [6.07, 6.45) is 0.535. The van der Waals surface area contributed by atoms with Crippen molar-refractivity contribution in [2.45, 2.75) is 25.9 Å². The van der Waals surface area contributed by atoms with Crippen LogP contribution in [0.25, 0.3) is 0 Å². The molecule has 1 saturated heterocycles. The highest BCUT2D eigenvalue weighted by Gasteiger charge is 2.32. The lowest BCUT2D eigenvalue weighted by molar-refractivity contribution is -0.931. The lowest BCUT2D eigenvalue weighted by atomic mass is 10.1. The third-order valence-corrected chi connectivity index (χ3v) is 3.52.